The molecule has 0 spiro atoms. The van der Waals surface area contributed by atoms with Crippen molar-refractivity contribution in [1.82, 2.24) is 0 Å². The molecule has 3 nitrogen and oxygen atoms in total. The number of anilines is 1. The van der Waals surface area contributed by atoms with E-state index in [0.29, 0.717) is 0 Å². The SMILES string of the molecule is N[C@H](Cc1ccccc1)C(=O)Nc1ccc(F)c(F)c1F. The van der Waals surface area contributed by atoms with Gasteiger partial charge in [-0.1, -0.05) is 30.3 Å². The third kappa shape index (κ3) is 3.61. The maximum absolute atomic E-state index is 13.4. The van der Waals surface area contributed by atoms with E-state index in [1.54, 1.807) is 24.3 Å². The number of carbonyl (C=O) groups excluding carboxylic acids is 1. The van der Waals surface area contributed by atoms with Crippen molar-refractivity contribution >= 4 is 11.6 Å². The number of hydrogen-bond acceptors (Lipinski definition) is 2. The van der Waals surface area contributed by atoms with Crippen molar-refractivity contribution in [2.75, 3.05) is 5.32 Å². The van der Waals surface area contributed by atoms with E-state index in [-0.39, 0.29) is 6.42 Å². The number of rotatable bonds is 4. The largest absolute Gasteiger partial charge is 0.322 e. The molecule has 2 aromatic rings. The Bertz CT molecular complexity index is 647. The average molecular weight is 294 g/mol. The molecule has 3 N–H and O–H groups in total. The van der Waals surface area contributed by atoms with Crippen molar-refractivity contribution < 1.29 is 18.0 Å². The lowest BCUT2D eigenvalue weighted by Crippen LogP contribution is -2.37. The summed E-state index contributed by atoms with van der Waals surface area (Å²) >= 11 is 0. The van der Waals surface area contributed by atoms with Gasteiger partial charge in [0.05, 0.1) is 11.7 Å². The van der Waals surface area contributed by atoms with Gasteiger partial charge in [0.2, 0.25) is 5.91 Å². The molecule has 1 amide bonds. The molecule has 0 aliphatic heterocycles. The summed E-state index contributed by atoms with van der Waals surface area (Å²) in [7, 11) is 0. The number of benzene rings is 2. The normalized spacial score (nSPS) is 12.0. The molecule has 2 aromatic carbocycles. The van der Waals surface area contributed by atoms with Crippen molar-refractivity contribution in [1.29, 1.82) is 0 Å². The number of nitrogens with one attached hydrogen (secondary N) is 1. The van der Waals surface area contributed by atoms with Gasteiger partial charge in [0, 0.05) is 0 Å². The van der Waals surface area contributed by atoms with Crippen LogP contribution in [0.5, 0.6) is 0 Å². The van der Waals surface area contributed by atoms with Crippen LogP contribution in [0.1, 0.15) is 5.56 Å². The molecule has 0 unspecified atom stereocenters. The van der Waals surface area contributed by atoms with Gasteiger partial charge in [-0.3, -0.25) is 4.79 Å². The second-order valence-corrected chi connectivity index (χ2v) is 4.51. The first-order valence-electron chi connectivity index (χ1n) is 6.23. The molecule has 0 aliphatic rings. The Hall–Kier alpha value is -2.34. The Kier molecular flexibility index (Phi) is 4.59. The summed E-state index contributed by atoms with van der Waals surface area (Å²) in [5, 5.41) is 2.15. The zero-order chi connectivity index (χ0) is 15.4. The summed E-state index contributed by atoms with van der Waals surface area (Å²) in [5.41, 5.74) is 6.11. The van der Waals surface area contributed by atoms with Gasteiger partial charge < -0.3 is 11.1 Å². The summed E-state index contributed by atoms with van der Waals surface area (Å²) in [6, 6.07) is 9.77. The average Bonchev–Trinajstić information content (AvgIpc) is 2.48. The number of carbonyl (C=O) groups is 1. The van der Waals surface area contributed by atoms with Crippen LogP contribution in [-0.2, 0) is 11.2 Å². The molecule has 0 bridgehead atoms. The number of halogens is 3. The van der Waals surface area contributed by atoms with E-state index in [9.17, 15) is 18.0 Å². The van der Waals surface area contributed by atoms with Crippen LogP contribution in [0.2, 0.25) is 0 Å². The summed E-state index contributed by atoms with van der Waals surface area (Å²) in [5.74, 6) is -5.08. The Morgan fingerprint density at radius 1 is 1.05 bits per heavy atom. The van der Waals surface area contributed by atoms with E-state index in [0.717, 1.165) is 17.7 Å². The van der Waals surface area contributed by atoms with E-state index < -0.39 is 35.1 Å². The highest BCUT2D eigenvalue weighted by molar-refractivity contribution is 5.94. The predicted octanol–water partition coefficient (Wildman–Crippen LogP) is 2.61. The van der Waals surface area contributed by atoms with Crippen LogP contribution in [0.15, 0.2) is 42.5 Å². The minimum atomic E-state index is -1.63. The topological polar surface area (TPSA) is 55.1 Å². The van der Waals surface area contributed by atoms with Crippen molar-refractivity contribution in [3.8, 4) is 0 Å². The van der Waals surface area contributed by atoms with Gasteiger partial charge in [-0.05, 0) is 24.1 Å². The van der Waals surface area contributed by atoms with Gasteiger partial charge in [-0.2, -0.15) is 0 Å². The maximum atomic E-state index is 13.4. The van der Waals surface area contributed by atoms with Gasteiger partial charge in [-0.15, -0.1) is 0 Å². The third-order valence-electron chi connectivity index (χ3n) is 2.93. The number of amides is 1. The van der Waals surface area contributed by atoms with E-state index >= 15 is 0 Å². The van der Waals surface area contributed by atoms with Crippen molar-refractivity contribution in [3.05, 3.63) is 65.5 Å². The van der Waals surface area contributed by atoms with E-state index in [4.69, 9.17) is 5.73 Å². The molecule has 2 rings (SSSR count). The van der Waals surface area contributed by atoms with Gasteiger partial charge in [0.15, 0.2) is 17.5 Å². The fourth-order valence-electron chi connectivity index (χ4n) is 1.81. The first-order chi connectivity index (χ1) is 9.99. The lowest BCUT2D eigenvalue weighted by molar-refractivity contribution is -0.117. The minimum Gasteiger partial charge on any atom is -0.322 e. The number of nitrogens with two attached hydrogens (primary N) is 1. The molecule has 0 aliphatic carbocycles. The Morgan fingerprint density at radius 3 is 2.38 bits per heavy atom. The van der Waals surface area contributed by atoms with Crippen LogP contribution in [0.3, 0.4) is 0 Å². The molecule has 110 valence electrons. The van der Waals surface area contributed by atoms with E-state index in [2.05, 4.69) is 5.32 Å². The summed E-state index contributed by atoms with van der Waals surface area (Å²) in [6.45, 7) is 0. The second kappa shape index (κ2) is 6.41. The quantitative estimate of drug-likeness (QED) is 0.852. The summed E-state index contributed by atoms with van der Waals surface area (Å²) < 4.78 is 39.3. The van der Waals surface area contributed by atoms with Crippen molar-refractivity contribution in [2.24, 2.45) is 5.73 Å². The Labute approximate surface area is 119 Å². The highest BCUT2D eigenvalue weighted by atomic mass is 19.2. The molecule has 0 aromatic heterocycles. The van der Waals surface area contributed by atoms with Crippen LogP contribution >= 0.6 is 0 Å². The molecule has 6 heteroatoms. The predicted molar refractivity (Wildman–Crippen MR) is 73.1 cm³/mol. The first kappa shape index (κ1) is 15.1. The van der Waals surface area contributed by atoms with Crippen LogP contribution in [-0.4, -0.2) is 11.9 Å². The standard InChI is InChI=1S/C15H13F3N2O/c16-10-6-7-12(14(18)13(10)17)20-15(21)11(19)8-9-4-2-1-3-5-9/h1-7,11H,8,19H2,(H,20,21)/t11-/m1/s1. The maximum Gasteiger partial charge on any atom is 0.241 e. The van der Waals surface area contributed by atoms with E-state index in [1.807, 2.05) is 6.07 Å². The number of hydrogen-bond donors (Lipinski definition) is 2. The highest BCUT2D eigenvalue weighted by Gasteiger charge is 2.19. The van der Waals surface area contributed by atoms with Gasteiger partial charge in [0.1, 0.15) is 0 Å². The zero-order valence-corrected chi connectivity index (χ0v) is 10.9. The van der Waals surface area contributed by atoms with Gasteiger partial charge >= 0.3 is 0 Å². The molecule has 0 saturated carbocycles. The monoisotopic (exact) mass is 294 g/mol. The Morgan fingerprint density at radius 2 is 1.71 bits per heavy atom. The molecular weight excluding hydrogens is 281 g/mol. The first-order valence-corrected chi connectivity index (χ1v) is 6.23. The third-order valence-corrected chi connectivity index (χ3v) is 2.93. The highest BCUT2D eigenvalue weighted by Crippen LogP contribution is 2.19. The van der Waals surface area contributed by atoms with Gasteiger partial charge in [0.25, 0.3) is 0 Å². The summed E-state index contributed by atoms with van der Waals surface area (Å²) in [4.78, 5) is 11.8. The molecule has 1 atom stereocenters. The Balaban J connectivity index is 2.06. The fourth-order valence-corrected chi connectivity index (χ4v) is 1.81. The van der Waals surface area contributed by atoms with Crippen LogP contribution in [0, 0.1) is 17.5 Å². The van der Waals surface area contributed by atoms with Crippen LogP contribution < -0.4 is 11.1 Å². The van der Waals surface area contributed by atoms with Crippen LogP contribution in [0.4, 0.5) is 18.9 Å². The second-order valence-electron chi connectivity index (χ2n) is 4.51. The van der Waals surface area contributed by atoms with Crippen molar-refractivity contribution in [3.63, 3.8) is 0 Å². The smallest absolute Gasteiger partial charge is 0.241 e. The van der Waals surface area contributed by atoms with Crippen LogP contribution in [0.25, 0.3) is 0 Å². The molecule has 0 fully saturated rings. The molecule has 0 saturated heterocycles. The molecule has 0 heterocycles. The lowest BCUT2D eigenvalue weighted by Gasteiger charge is -2.13. The van der Waals surface area contributed by atoms with Gasteiger partial charge in [-0.25, -0.2) is 13.2 Å². The molecule has 21 heavy (non-hydrogen) atoms. The minimum absolute atomic E-state index is 0.248. The van der Waals surface area contributed by atoms with E-state index in [1.165, 1.54) is 0 Å². The fraction of sp³-hybridized carbons (Fsp3) is 0.133. The lowest BCUT2D eigenvalue weighted by atomic mass is 10.1. The zero-order valence-electron chi connectivity index (χ0n) is 10.9. The molecular formula is C15H13F3N2O. The van der Waals surface area contributed by atoms with Crippen molar-refractivity contribution in [2.45, 2.75) is 12.5 Å². The molecule has 0 radical (unpaired) electrons. The summed E-state index contributed by atoms with van der Waals surface area (Å²) in [6.07, 6.45) is 0.248.